The van der Waals surface area contributed by atoms with E-state index >= 15 is 0 Å². The number of guanidine groups is 1. The molecule has 8 nitrogen and oxygen atoms in total. The Labute approximate surface area is 201 Å². The second-order valence-electron chi connectivity index (χ2n) is 7.09. The predicted octanol–water partition coefficient (Wildman–Crippen LogP) is 1.93. The number of nitrogens with one attached hydrogen (secondary N) is 2. The lowest BCUT2D eigenvalue weighted by Crippen LogP contribution is -2.49. The first-order valence-electron chi connectivity index (χ1n) is 10.6. The number of hydrogen-bond donors (Lipinski definition) is 2. The molecule has 0 bridgehead atoms. The van der Waals surface area contributed by atoms with Gasteiger partial charge in [-0.2, -0.15) is 0 Å². The summed E-state index contributed by atoms with van der Waals surface area (Å²) in [6.07, 6.45) is 4.83. The number of carbonyl (C=O) groups is 1. The largest absolute Gasteiger partial charge is 0.357 e. The van der Waals surface area contributed by atoms with Crippen LogP contribution in [0.1, 0.15) is 18.9 Å². The molecule has 0 atom stereocenters. The quantitative estimate of drug-likeness (QED) is 0.304. The van der Waals surface area contributed by atoms with Crippen LogP contribution in [0.15, 0.2) is 53.8 Å². The van der Waals surface area contributed by atoms with Crippen LogP contribution in [0.4, 0.5) is 5.95 Å². The van der Waals surface area contributed by atoms with Crippen LogP contribution in [0, 0.1) is 0 Å². The van der Waals surface area contributed by atoms with Crippen molar-refractivity contribution in [1.29, 1.82) is 0 Å². The summed E-state index contributed by atoms with van der Waals surface area (Å²) in [6.45, 7) is 6.98. The molecule has 0 saturated carbocycles. The molecular weight excluding hydrogens is 505 g/mol. The van der Waals surface area contributed by atoms with Gasteiger partial charge in [-0.05, 0) is 25.0 Å². The second kappa shape index (κ2) is 13.8. The Kier molecular flexibility index (Phi) is 11.0. The fraction of sp³-hybridized carbons (Fsp3) is 0.455. The number of aromatic nitrogens is 2. The third kappa shape index (κ3) is 8.31. The third-order valence-electron chi connectivity index (χ3n) is 4.96. The van der Waals surface area contributed by atoms with E-state index < -0.39 is 0 Å². The molecule has 1 amide bonds. The summed E-state index contributed by atoms with van der Waals surface area (Å²) < 4.78 is 0. The first kappa shape index (κ1) is 24.8. The molecule has 2 aromatic rings. The van der Waals surface area contributed by atoms with Gasteiger partial charge in [0.1, 0.15) is 0 Å². The number of hydrogen-bond acceptors (Lipinski definition) is 5. The Hall–Kier alpha value is -2.43. The highest BCUT2D eigenvalue weighted by Gasteiger charge is 2.21. The molecule has 31 heavy (non-hydrogen) atoms. The van der Waals surface area contributed by atoms with E-state index in [0.29, 0.717) is 26.1 Å². The van der Waals surface area contributed by atoms with E-state index in [0.717, 1.165) is 44.5 Å². The Balaban J connectivity index is 0.00000341. The van der Waals surface area contributed by atoms with Crippen LogP contribution in [0.3, 0.4) is 0 Å². The van der Waals surface area contributed by atoms with E-state index in [4.69, 9.17) is 0 Å². The Bertz CT molecular complexity index is 796. The number of piperazine rings is 1. The number of aliphatic imine (C=N–C) groups is 1. The van der Waals surface area contributed by atoms with E-state index in [1.54, 1.807) is 12.4 Å². The molecule has 0 aliphatic carbocycles. The van der Waals surface area contributed by atoms with Crippen LogP contribution in [0.25, 0.3) is 0 Å². The topological polar surface area (TPSA) is 85.8 Å². The minimum atomic E-state index is 0. The molecule has 1 aliphatic heterocycles. The maximum absolute atomic E-state index is 12.5. The first-order chi connectivity index (χ1) is 14.8. The van der Waals surface area contributed by atoms with Crippen LogP contribution < -0.4 is 15.5 Å². The van der Waals surface area contributed by atoms with Crippen LogP contribution in [-0.2, 0) is 11.2 Å². The van der Waals surface area contributed by atoms with Gasteiger partial charge in [-0.1, -0.05) is 30.3 Å². The lowest BCUT2D eigenvalue weighted by Gasteiger charge is -2.34. The first-order valence-corrected chi connectivity index (χ1v) is 10.6. The highest BCUT2D eigenvalue weighted by atomic mass is 127. The van der Waals surface area contributed by atoms with Gasteiger partial charge in [-0.25, -0.2) is 9.97 Å². The standard InChI is InChI=1S/C22H31N7O.HI/c1-2-23-21(24-13-9-19-7-4-3-5-8-19)25-14-10-20(30)28-15-17-29(18-16-28)22-26-11-6-12-27-22;/h3-8,11-12H,2,9-10,13-18H2,1H3,(H2,23,24,25);1H. The van der Waals surface area contributed by atoms with Crippen molar-refractivity contribution in [2.75, 3.05) is 50.7 Å². The van der Waals surface area contributed by atoms with Crippen LogP contribution >= 0.6 is 24.0 Å². The maximum Gasteiger partial charge on any atom is 0.225 e. The average Bonchev–Trinajstić information content (AvgIpc) is 2.80. The van der Waals surface area contributed by atoms with Gasteiger partial charge in [-0.15, -0.1) is 24.0 Å². The smallest absolute Gasteiger partial charge is 0.225 e. The lowest BCUT2D eigenvalue weighted by molar-refractivity contribution is -0.131. The van der Waals surface area contributed by atoms with E-state index in [1.165, 1.54) is 5.56 Å². The molecule has 1 saturated heterocycles. The summed E-state index contributed by atoms with van der Waals surface area (Å²) in [7, 11) is 0. The van der Waals surface area contributed by atoms with Crippen LogP contribution in [0.2, 0.25) is 0 Å². The monoisotopic (exact) mass is 537 g/mol. The number of carbonyl (C=O) groups excluding carboxylic acids is 1. The number of rotatable bonds is 8. The predicted molar refractivity (Wildman–Crippen MR) is 135 cm³/mol. The summed E-state index contributed by atoms with van der Waals surface area (Å²) in [5.74, 6) is 1.63. The van der Waals surface area contributed by atoms with Crippen molar-refractivity contribution in [2.45, 2.75) is 19.8 Å². The second-order valence-corrected chi connectivity index (χ2v) is 7.09. The van der Waals surface area contributed by atoms with Gasteiger partial charge in [0.25, 0.3) is 0 Å². The molecule has 0 unspecified atom stereocenters. The molecule has 3 rings (SSSR count). The molecule has 1 fully saturated rings. The average molecular weight is 537 g/mol. The van der Waals surface area contributed by atoms with Crippen molar-refractivity contribution >= 4 is 41.8 Å². The molecule has 2 N–H and O–H groups in total. The van der Waals surface area contributed by atoms with E-state index in [1.807, 2.05) is 36.1 Å². The number of anilines is 1. The third-order valence-corrected chi connectivity index (χ3v) is 4.96. The van der Waals surface area contributed by atoms with Gasteiger partial charge in [0.2, 0.25) is 11.9 Å². The van der Waals surface area contributed by atoms with Crippen molar-refractivity contribution in [1.82, 2.24) is 25.5 Å². The number of amides is 1. The fourth-order valence-corrected chi connectivity index (χ4v) is 3.34. The molecule has 1 aromatic heterocycles. The van der Waals surface area contributed by atoms with Gasteiger partial charge in [0, 0.05) is 58.1 Å². The molecular formula is C22H32IN7O. The number of benzene rings is 1. The zero-order valence-electron chi connectivity index (χ0n) is 18.0. The summed E-state index contributed by atoms with van der Waals surface area (Å²) in [4.78, 5) is 29.7. The molecule has 0 radical (unpaired) electrons. The van der Waals surface area contributed by atoms with Gasteiger partial charge in [0.15, 0.2) is 5.96 Å². The lowest BCUT2D eigenvalue weighted by atomic mass is 10.1. The Morgan fingerprint density at radius 2 is 1.74 bits per heavy atom. The normalized spacial score (nSPS) is 14.0. The molecule has 1 aromatic carbocycles. The fourth-order valence-electron chi connectivity index (χ4n) is 3.34. The summed E-state index contributed by atoms with van der Waals surface area (Å²) in [6, 6.07) is 12.2. The van der Waals surface area contributed by atoms with E-state index in [-0.39, 0.29) is 29.9 Å². The van der Waals surface area contributed by atoms with Crippen LogP contribution in [0.5, 0.6) is 0 Å². The Morgan fingerprint density at radius 3 is 2.42 bits per heavy atom. The Morgan fingerprint density at radius 1 is 1.03 bits per heavy atom. The van der Waals surface area contributed by atoms with Gasteiger partial charge >= 0.3 is 0 Å². The minimum absolute atomic E-state index is 0. The van der Waals surface area contributed by atoms with Crippen molar-refractivity contribution in [3.63, 3.8) is 0 Å². The zero-order valence-corrected chi connectivity index (χ0v) is 20.4. The summed E-state index contributed by atoms with van der Waals surface area (Å²) in [5, 5.41) is 6.58. The summed E-state index contributed by atoms with van der Waals surface area (Å²) >= 11 is 0. The minimum Gasteiger partial charge on any atom is -0.357 e. The van der Waals surface area contributed by atoms with Crippen molar-refractivity contribution < 1.29 is 4.79 Å². The van der Waals surface area contributed by atoms with E-state index in [9.17, 15) is 4.79 Å². The maximum atomic E-state index is 12.5. The van der Waals surface area contributed by atoms with Crippen molar-refractivity contribution in [3.8, 4) is 0 Å². The van der Waals surface area contributed by atoms with Crippen LogP contribution in [-0.4, -0.2) is 72.5 Å². The zero-order chi connectivity index (χ0) is 21.0. The molecule has 1 aliphatic rings. The SMILES string of the molecule is CCNC(=NCCC(=O)N1CCN(c2ncccn2)CC1)NCCc1ccccc1.I. The highest BCUT2D eigenvalue weighted by molar-refractivity contribution is 14.0. The summed E-state index contributed by atoms with van der Waals surface area (Å²) in [5.41, 5.74) is 1.29. The van der Waals surface area contributed by atoms with Gasteiger partial charge in [-0.3, -0.25) is 9.79 Å². The van der Waals surface area contributed by atoms with Gasteiger partial charge in [0.05, 0.1) is 6.54 Å². The molecule has 168 valence electrons. The van der Waals surface area contributed by atoms with Gasteiger partial charge < -0.3 is 20.4 Å². The molecule has 0 spiro atoms. The van der Waals surface area contributed by atoms with Crippen molar-refractivity contribution in [3.05, 3.63) is 54.4 Å². The van der Waals surface area contributed by atoms with Crippen molar-refractivity contribution in [2.24, 2.45) is 4.99 Å². The highest BCUT2D eigenvalue weighted by Crippen LogP contribution is 2.10. The molecule has 9 heteroatoms. The molecule has 2 heterocycles. The van der Waals surface area contributed by atoms with E-state index in [2.05, 4.69) is 42.6 Å². The number of nitrogens with zero attached hydrogens (tertiary/aromatic N) is 5. The number of halogens is 1.